The number of thioether (sulfide) groups is 1. The van der Waals surface area contributed by atoms with Gasteiger partial charge in [0.1, 0.15) is 11.9 Å². The Morgan fingerprint density at radius 2 is 1.84 bits per heavy atom. The number of hydrogen-bond acceptors (Lipinski definition) is 7. The highest BCUT2D eigenvalue weighted by Gasteiger charge is 2.41. The van der Waals surface area contributed by atoms with Crippen LogP contribution in [-0.4, -0.2) is 45.4 Å². The number of aryl methyl sites for hydroxylation is 1. The summed E-state index contributed by atoms with van der Waals surface area (Å²) in [6, 6.07) is 18.5. The lowest BCUT2D eigenvalue weighted by molar-refractivity contribution is -0.122. The average Bonchev–Trinajstić information content (AvgIpc) is 3.57. The number of fused-ring (bicyclic) bond motifs is 3. The van der Waals surface area contributed by atoms with Crippen molar-refractivity contribution in [3.05, 3.63) is 82.0 Å². The Bertz CT molecular complexity index is 1400. The van der Waals surface area contributed by atoms with E-state index in [1.807, 2.05) is 66.0 Å². The summed E-state index contributed by atoms with van der Waals surface area (Å²) in [7, 11) is 0. The molecule has 0 saturated carbocycles. The quantitative estimate of drug-likeness (QED) is 0.404. The Hall–Kier alpha value is -3.76. The van der Waals surface area contributed by atoms with Crippen LogP contribution in [0.3, 0.4) is 0 Å². The predicted molar refractivity (Wildman–Crippen MR) is 153 cm³/mol. The molecule has 1 unspecified atom stereocenters. The molecule has 8 nitrogen and oxygen atoms in total. The normalized spacial score (nSPS) is 15.9. The molecule has 0 saturated heterocycles. The van der Waals surface area contributed by atoms with Crippen molar-refractivity contribution in [3.8, 4) is 0 Å². The SMILES string of the molecule is CCc1ccc(NC(=O)CSC2=Nc3ccccc3C3=NC(=O)C(CCC(=O)NCc4cccs4)N23)cc1. The number of amides is 3. The first-order valence-corrected chi connectivity index (χ1v) is 14.3. The molecule has 3 amide bonds. The highest BCUT2D eigenvalue weighted by molar-refractivity contribution is 8.14. The van der Waals surface area contributed by atoms with Crippen LogP contribution in [0, 0.1) is 0 Å². The maximum absolute atomic E-state index is 13.0. The minimum atomic E-state index is -0.651. The number of aliphatic imine (C=N–C) groups is 2. The zero-order valence-corrected chi connectivity index (χ0v) is 22.5. The van der Waals surface area contributed by atoms with Crippen LogP contribution >= 0.6 is 23.1 Å². The van der Waals surface area contributed by atoms with Gasteiger partial charge in [0.15, 0.2) is 5.17 Å². The Morgan fingerprint density at radius 3 is 2.61 bits per heavy atom. The smallest absolute Gasteiger partial charge is 0.270 e. The molecule has 1 aromatic heterocycles. The van der Waals surface area contributed by atoms with Gasteiger partial charge in [0.25, 0.3) is 5.91 Å². The molecule has 0 aliphatic carbocycles. The summed E-state index contributed by atoms with van der Waals surface area (Å²) in [5.74, 6) is 0.0212. The van der Waals surface area contributed by atoms with E-state index in [1.54, 1.807) is 16.2 Å². The van der Waals surface area contributed by atoms with Gasteiger partial charge in [0.2, 0.25) is 11.8 Å². The summed E-state index contributed by atoms with van der Waals surface area (Å²) in [6.45, 7) is 2.55. The number of anilines is 1. The number of hydrogen-bond donors (Lipinski definition) is 2. The molecule has 38 heavy (non-hydrogen) atoms. The van der Waals surface area contributed by atoms with E-state index in [-0.39, 0.29) is 29.9 Å². The second-order valence-corrected chi connectivity index (χ2v) is 10.8. The molecule has 3 aromatic rings. The second kappa shape index (κ2) is 11.7. The number of para-hydroxylation sites is 1. The van der Waals surface area contributed by atoms with Crippen molar-refractivity contribution in [2.24, 2.45) is 9.98 Å². The van der Waals surface area contributed by atoms with E-state index < -0.39 is 6.04 Å². The van der Waals surface area contributed by atoms with Crippen LogP contribution in [0.15, 0.2) is 76.0 Å². The number of nitrogens with zero attached hydrogens (tertiary/aromatic N) is 3. The number of rotatable bonds is 9. The third-order valence-electron chi connectivity index (χ3n) is 6.27. The lowest BCUT2D eigenvalue weighted by Gasteiger charge is -2.31. The van der Waals surface area contributed by atoms with E-state index >= 15 is 0 Å². The summed E-state index contributed by atoms with van der Waals surface area (Å²) >= 11 is 2.83. The van der Waals surface area contributed by atoms with Crippen LogP contribution in [0.25, 0.3) is 0 Å². The standard InChI is InChI=1S/C28H27N5O3S2/c1-2-18-9-11-19(12-10-18)30-25(35)17-38-28-31-22-8-4-3-7-21(22)26-32-27(36)23(33(26)28)13-14-24(34)29-16-20-6-5-15-37-20/h3-12,15,23H,2,13-14,16-17H2,1H3,(H,29,34)(H,30,35). The van der Waals surface area contributed by atoms with Gasteiger partial charge in [-0.25, -0.2) is 4.99 Å². The summed E-state index contributed by atoms with van der Waals surface area (Å²) in [5.41, 5.74) is 3.39. The van der Waals surface area contributed by atoms with Gasteiger partial charge in [0.05, 0.1) is 18.0 Å². The lowest BCUT2D eigenvalue weighted by Crippen LogP contribution is -2.44. The second-order valence-electron chi connectivity index (χ2n) is 8.85. The Morgan fingerprint density at radius 1 is 1.03 bits per heavy atom. The molecule has 0 radical (unpaired) electrons. The number of carbonyl (C=O) groups excluding carboxylic acids is 3. The highest BCUT2D eigenvalue weighted by atomic mass is 32.2. The van der Waals surface area contributed by atoms with Crippen LogP contribution in [0.1, 0.15) is 35.8 Å². The maximum Gasteiger partial charge on any atom is 0.270 e. The molecule has 10 heteroatoms. The fourth-order valence-electron chi connectivity index (χ4n) is 4.28. The van der Waals surface area contributed by atoms with Crippen LogP contribution in [0.4, 0.5) is 11.4 Å². The molecule has 0 bridgehead atoms. The first-order valence-electron chi connectivity index (χ1n) is 12.4. The first-order chi connectivity index (χ1) is 18.5. The Kier molecular flexibility index (Phi) is 8.00. The zero-order chi connectivity index (χ0) is 26.5. The van der Waals surface area contributed by atoms with Crippen LogP contribution < -0.4 is 10.6 Å². The van der Waals surface area contributed by atoms with Crippen molar-refractivity contribution >= 4 is 63.2 Å². The fraction of sp³-hybridized carbons (Fsp3) is 0.250. The van der Waals surface area contributed by atoms with Crippen molar-refractivity contribution in [2.75, 3.05) is 11.1 Å². The number of amidine groups is 2. The van der Waals surface area contributed by atoms with E-state index in [0.29, 0.717) is 29.7 Å². The van der Waals surface area contributed by atoms with Crippen molar-refractivity contribution < 1.29 is 14.4 Å². The summed E-state index contributed by atoms with van der Waals surface area (Å²) in [6.07, 6.45) is 1.40. The molecule has 2 N–H and O–H groups in total. The molecular weight excluding hydrogens is 518 g/mol. The van der Waals surface area contributed by atoms with Gasteiger partial charge in [-0.15, -0.1) is 11.3 Å². The molecule has 2 aliphatic rings. The van der Waals surface area contributed by atoms with Crippen LogP contribution in [0.2, 0.25) is 0 Å². The molecule has 1 atom stereocenters. The molecule has 3 heterocycles. The third-order valence-corrected chi connectivity index (χ3v) is 8.10. The van der Waals surface area contributed by atoms with Gasteiger partial charge in [-0.05, 0) is 54.1 Å². The summed E-state index contributed by atoms with van der Waals surface area (Å²) in [4.78, 5) is 50.2. The predicted octanol–water partition coefficient (Wildman–Crippen LogP) is 4.74. The van der Waals surface area contributed by atoms with E-state index in [4.69, 9.17) is 4.99 Å². The minimum Gasteiger partial charge on any atom is -0.351 e. The van der Waals surface area contributed by atoms with Gasteiger partial charge in [0, 0.05) is 22.5 Å². The molecule has 2 aliphatic heterocycles. The Balaban J connectivity index is 1.27. The molecule has 0 spiro atoms. The minimum absolute atomic E-state index is 0.114. The average molecular weight is 546 g/mol. The van der Waals surface area contributed by atoms with Crippen LogP contribution in [0.5, 0.6) is 0 Å². The first kappa shape index (κ1) is 25.9. The van der Waals surface area contributed by atoms with Gasteiger partial charge in [-0.1, -0.05) is 49.0 Å². The van der Waals surface area contributed by atoms with Gasteiger partial charge in [-0.3, -0.25) is 19.3 Å². The zero-order valence-electron chi connectivity index (χ0n) is 20.8. The third kappa shape index (κ3) is 5.87. The van der Waals surface area contributed by atoms with Crippen molar-refractivity contribution in [3.63, 3.8) is 0 Å². The monoisotopic (exact) mass is 545 g/mol. The molecule has 0 fully saturated rings. The number of benzene rings is 2. The summed E-state index contributed by atoms with van der Waals surface area (Å²) in [5, 5.41) is 8.31. The highest BCUT2D eigenvalue weighted by Crippen LogP contribution is 2.35. The van der Waals surface area contributed by atoms with Crippen molar-refractivity contribution in [1.82, 2.24) is 10.2 Å². The molecule has 194 valence electrons. The van der Waals surface area contributed by atoms with Gasteiger partial charge < -0.3 is 10.6 Å². The van der Waals surface area contributed by atoms with E-state index in [2.05, 4.69) is 22.5 Å². The largest absolute Gasteiger partial charge is 0.351 e. The number of thiophene rings is 1. The maximum atomic E-state index is 13.0. The summed E-state index contributed by atoms with van der Waals surface area (Å²) < 4.78 is 0. The van der Waals surface area contributed by atoms with Crippen molar-refractivity contribution in [1.29, 1.82) is 0 Å². The van der Waals surface area contributed by atoms with Crippen molar-refractivity contribution in [2.45, 2.75) is 38.8 Å². The van der Waals surface area contributed by atoms with Gasteiger partial charge in [-0.2, -0.15) is 4.99 Å². The number of carbonyl (C=O) groups is 3. The van der Waals surface area contributed by atoms with E-state index in [1.165, 1.54) is 17.3 Å². The van der Waals surface area contributed by atoms with Crippen LogP contribution in [-0.2, 0) is 27.3 Å². The van der Waals surface area contributed by atoms with Gasteiger partial charge >= 0.3 is 0 Å². The molecule has 2 aromatic carbocycles. The molecular formula is C28H27N5O3S2. The number of nitrogens with one attached hydrogen (secondary N) is 2. The topological polar surface area (TPSA) is 103 Å². The lowest BCUT2D eigenvalue weighted by atomic mass is 10.1. The van der Waals surface area contributed by atoms with E-state index in [0.717, 1.165) is 22.5 Å². The molecule has 5 rings (SSSR count). The van der Waals surface area contributed by atoms with E-state index in [9.17, 15) is 14.4 Å². The Labute approximate surface area is 229 Å². The fourth-order valence-corrected chi connectivity index (χ4v) is 5.77.